The summed E-state index contributed by atoms with van der Waals surface area (Å²) in [5.41, 5.74) is 0.433. The van der Waals surface area contributed by atoms with Crippen LogP contribution in [0.15, 0.2) is 18.2 Å². The first-order valence-electron chi connectivity index (χ1n) is 6.41. The molecule has 1 fully saturated rings. The molecule has 0 radical (unpaired) electrons. The molecule has 1 aliphatic carbocycles. The van der Waals surface area contributed by atoms with Crippen LogP contribution in [0.25, 0.3) is 0 Å². The molecule has 0 saturated heterocycles. The summed E-state index contributed by atoms with van der Waals surface area (Å²) in [4.78, 5) is 23.4. The highest BCUT2D eigenvalue weighted by Gasteiger charge is 2.35. The maximum Gasteiger partial charge on any atom is 0.268 e. The highest BCUT2D eigenvalue weighted by molar-refractivity contribution is 6.01. The third kappa shape index (κ3) is 2.28. The van der Waals surface area contributed by atoms with Crippen molar-refractivity contribution in [3.8, 4) is 5.75 Å². The van der Waals surface area contributed by atoms with Gasteiger partial charge >= 0.3 is 0 Å². The summed E-state index contributed by atoms with van der Waals surface area (Å²) in [6.07, 6.45) is 1.94. The number of carbonyl (C=O) groups is 2. The Bertz CT molecular complexity index is 562. The minimum absolute atomic E-state index is 0.0547. The van der Waals surface area contributed by atoms with Gasteiger partial charge in [0.15, 0.2) is 5.60 Å². The van der Waals surface area contributed by atoms with E-state index in [1.165, 1.54) is 0 Å². The van der Waals surface area contributed by atoms with E-state index in [1.807, 2.05) is 0 Å². The van der Waals surface area contributed by atoms with Gasteiger partial charge in [0.1, 0.15) is 5.75 Å². The van der Waals surface area contributed by atoms with Crippen molar-refractivity contribution in [2.45, 2.75) is 32.3 Å². The minimum atomic E-state index is -0.897. The van der Waals surface area contributed by atoms with Crippen molar-refractivity contribution >= 4 is 23.2 Å². The Balaban J connectivity index is 1.83. The average molecular weight is 260 g/mol. The summed E-state index contributed by atoms with van der Waals surface area (Å²) in [7, 11) is 0. The second-order valence-corrected chi connectivity index (χ2v) is 5.54. The number of nitrogens with one attached hydrogen (secondary N) is 2. The predicted octanol–water partition coefficient (Wildman–Crippen LogP) is 2.14. The first-order valence-corrected chi connectivity index (χ1v) is 6.41. The van der Waals surface area contributed by atoms with Crippen LogP contribution in [0.3, 0.4) is 0 Å². The quantitative estimate of drug-likeness (QED) is 0.856. The van der Waals surface area contributed by atoms with Crippen LogP contribution in [-0.4, -0.2) is 17.4 Å². The molecule has 19 heavy (non-hydrogen) atoms. The molecule has 0 aromatic heterocycles. The van der Waals surface area contributed by atoms with E-state index >= 15 is 0 Å². The van der Waals surface area contributed by atoms with E-state index in [2.05, 4.69) is 10.6 Å². The summed E-state index contributed by atoms with van der Waals surface area (Å²) in [6, 6.07) is 5.25. The fourth-order valence-electron chi connectivity index (χ4n) is 1.97. The maximum absolute atomic E-state index is 11.7. The number of anilines is 2. The number of amides is 2. The van der Waals surface area contributed by atoms with Gasteiger partial charge in [-0.05, 0) is 38.8 Å². The van der Waals surface area contributed by atoms with Gasteiger partial charge in [0.25, 0.3) is 5.91 Å². The molecule has 3 rings (SSSR count). The summed E-state index contributed by atoms with van der Waals surface area (Å²) in [5.74, 6) is 0.625. The third-order valence-electron chi connectivity index (χ3n) is 3.36. The molecule has 1 aromatic carbocycles. The summed E-state index contributed by atoms with van der Waals surface area (Å²) >= 11 is 0. The molecule has 1 heterocycles. The summed E-state index contributed by atoms with van der Waals surface area (Å²) in [5, 5.41) is 5.65. The normalized spacial score (nSPS) is 20.0. The van der Waals surface area contributed by atoms with Crippen LogP contribution in [0.2, 0.25) is 0 Å². The van der Waals surface area contributed by atoms with Gasteiger partial charge in [-0.2, -0.15) is 0 Å². The first-order chi connectivity index (χ1) is 8.95. The number of benzene rings is 1. The van der Waals surface area contributed by atoms with E-state index in [1.54, 1.807) is 32.0 Å². The van der Waals surface area contributed by atoms with Crippen LogP contribution >= 0.6 is 0 Å². The third-order valence-corrected chi connectivity index (χ3v) is 3.36. The smallest absolute Gasteiger partial charge is 0.268 e. The molecule has 5 nitrogen and oxygen atoms in total. The lowest BCUT2D eigenvalue weighted by Gasteiger charge is -2.31. The van der Waals surface area contributed by atoms with Gasteiger partial charge in [-0.1, -0.05) is 0 Å². The molecule has 5 heteroatoms. The SMILES string of the molecule is CC1(C)Oc2cc(NC(=O)C3CC3)ccc2NC1=O. The van der Waals surface area contributed by atoms with Gasteiger partial charge in [0.2, 0.25) is 5.91 Å². The second-order valence-electron chi connectivity index (χ2n) is 5.54. The lowest BCUT2D eigenvalue weighted by molar-refractivity contribution is -0.129. The van der Waals surface area contributed by atoms with E-state index < -0.39 is 5.60 Å². The van der Waals surface area contributed by atoms with E-state index in [9.17, 15) is 9.59 Å². The second kappa shape index (κ2) is 3.98. The highest BCUT2D eigenvalue weighted by Crippen LogP contribution is 2.36. The van der Waals surface area contributed by atoms with Crippen molar-refractivity contribution in [2.24, 2.45) is 5.92 Å². The monoisotopic (exact) mass is 260 g/mol. The standard InChI is InChI=1S/C14H16N2O3/c1-14(2)13(18)16-10-6-5-9(7-11(10)19-14)15-12(17)8-3-4-8/h5-8H,3-4H2,1-2H3,(H,15,17)(H,16,18). The Kier molecular flexibility index (Phi) is 2.52. The van der Waals surface area contributed by atoms with Gasteiger partial charge in [-0.3, -0.25) is 9.59 Å². The van der Waals surface area contributed by atoms with Gasteiger partial charge in [0, 0.05) is 17.7 Å². The van der Waals surface area contributed by atoms with Gasteiger partial charge in [0.05, 0.1) is 5.69 Å². The fourth-order valence-corrected chi connectivity index (χ4v) is 1.97. The molecule has 0 bridgehead atoms. The highest BCUT2D eigenvalue weighted by atomic mass is 16.5. The molecule has 2 amide bonds. The fraction of sp³-hybridized carbons (Fsp3) is 0.429. The zero-order chi connectivity index (χ0) is 13.6. The number of hydrogen-bond donors (Lipinski definition) is 2. The Labute approximate surface area is 111 Å². The molecule has 0 spiro atoms. The van der Waals surface area contributed by atoms with E-state index in [0.717, 1.165) is 12.8 Å². The molecule has 0 unspecified atom stereocenters. The Morgan fingerprint density at radius 2 is 2.16 bits per heavy atom. The van der Waals surface area contributed by atoms with E-state index in [4.69, 9.17) is 4.74 Å². The zero-order valence-corrected chi connectivity index (χ0v) is 10.9. The molecular formula is C14H16N2O3. The van der Waals surface area contributed by atoms with Crippen molar-refractivity contribution in [1.29, 1.82) is 0 Å². The first kappa shape index (κ1) is 12.0. The van der Waals surface area contributed by atoms with Crippen LogP contribution in [0.1, 0.15) is 26.7 Å². The number of fused-ring (bicyclic) bond motifs is 1. The van der Waals surface area contributed by atoms with E-state index in [-0.39, 0.29) is 17.7 Å². The van der Waals surface area contributed by atoms with Crippen molar-refractivity contribution < 1.29 is 14.3 Å². The molecular weight excluding hydrogens is 244 g/mol. The summed E-state index contributed by atoms with van der Waals surface area (Å²) in [6.45, 7) is 3.42. The predicted molar refractivity (Wildman–Crippen MR) is 71.1 cm³/mol. The molecule has 1 aromatic rings. The lowest BCUT2D eigenvalue weighted by Crippen LogP contribution is -2.45. The topological polar surface area (TPSA) is 67.4 Å². The van der Waals surface area contributed by atoms with Crippen LogP contribution in [0.5, 0.6) is 5.75 Å². The van der Waals surface area contributed by atoms with Gasteiger partial charge < -0.3 is 15.4 Å². The minimum Gasteiger partial charge on any atom is -0.476 e. The van der Waals surface area contributed by atoms with Crippen molar-refractivity contribution in [1.82, 2.24) is 0 Å². The molecule has 1 saturated carbocycles. The number of carbonyl (C=O) groups excluding carboxylic acids is 2. The van der Waals surface area contributed by atoms with Crippen LogP contribution in [0, 0.1) is 5.92 Å². The Morgan fingerprint density at radius 1 is 1.42 bits per heavy atom. The Hall–Kier alpha value is -2.04. The van der Waals surface area contributed by atoms with Crippen molar-refractivity contribution in [2.75, 3.05) is 10.6 Å². The molecule has 100 valence electrons. The lowest BCUT2D eigenvalue weighted by atomic mass is 10.1. The Morgan fingerprint density at radius 3 is 2.84 bits per heavy atom. The van der Waals surface area contributed by atoms with Crippen molar-refractivity contribution in [3.05, 3.63) is 18.2 Å². The molecule has 2 N–H and O–H groups in total. The largest absolute Gasteiger partial charge is 0.476 e. The molecule has 1 aliphatic heterocycles. The molecule has 2 aliphatic rings. The molecule has 0 atom stereocenters. The van der Waals surface area contributed by atoms with Crippen LogP contribution in [0.4, 0.5) is 11.4 Å². The van der Waals surface area contributed by atoms with Crippen molar-refractivity contribution in [3.63, 3.8) is 0 Å². The van der Waals surface area contributed by atoms with Gasteiger partial charge in [-0.25, -0.2) is 0 Å². The zero-order valence-electron chi connectivity index (χ0n) is 10.9. The number of rotatable bonds is 2. The van der Waals surface area contributed by atoms with Crippen LogP contribution < -0.4 is 15.4 Å². The number of hydrogen-bond acceptors (Lipinski definition) is 3. The average Bonchev–Trinajstić information content (AvgIpc) is 3.14. The van der Waals surface area contributed by atoms with E-state index in [0.29, 0.717) is 17.1 Å². The summed E-state index contributed by atoms with van der Waals surface area (Å²) < 4.78 is 5.67. The van der Waals surface area contributed by atoms with Crippen LogP contribution in [-0.2, 0) is 9.59 Å². The maximum atomic E-state index is 11.7. The number of ether oxygens (including phenoxy) is 1. The van der Waals surface area contributed by atoms with Gasteiger partial charge in [-0.15, -0.1) is 0 Å².